The number of benzene rings is 2. The number of alkyl halides is 2. The summed E-state index contributed by atoms with van der Waals surface area (Å²) in [5, 5.41) is 5.20. The lowest BCUT2D eigenvalue weighted by Gasteiger charge is -2.20. The molecular weight excluding hydrogens is 430 g/mol. The molecule has 1 aliphatic heterocycles. The zero-order valence-electron chi connectivity index (χ0n) is 16.8. The average Bonchev–Trinajstić information content (AvgIpc) is 2.96. The molecule has 1 aliphatic rings. The Hall–Kier alpha value is -2.85. The van der Waals surface area contributed by atoms with Gasteiger partial charge in [-0.25, -0.2) is 22.3 Å². The fraction of sp³-hybridized carbons (Fsp3) is 0.333. The molecule has 2 amide bonds. The Morgan fingerprint density at radius 3 is 2.19 bits per heavy atom. The molecule has 10 heteroatoms. The Kier molecular flexibility index (Phi) is 6.42. The highest BCUT2D eigenvalue weighted by Gasteiger charge is 2.38. The van der Waals surface area contributed by atoms with Crippen molar-refractivity contribution in [3.05, 3.63) is 59.2 Å². The van der Waals surface area contributed by atoms with Gasteiger partial charge in [0.2, 0.25) is 15.9 Å². The topological polar surface area (TPSA) is 107 Å². The van der Waals surface area contributed by atoms with Gasteiger partial charge in [0.25, 0.3) is 11.8 Å². The van der Waals surface area contributed by atoms with Gasteiger partial charge >= 0.3 is 0 Å². The van der Waals surface area contributed by atoms with Crippen LogP contribution in [0.1, 0.15) is 45.5 Å². The second-order valence-electron chi connectivity index (χ2n) is 7.29. The Morgan fingerprint density at radius 1 is 1.03 bits per heavy atom. The average molecular weight is 452 g/mol. The van der Waals surface area contributed by atoms with Crippen LogP contribution in [0.15, 0.2) is 47.4 Å². The van der Waals surface area contributed by atoms with Crippen LogP contribution in [0.5, 0.6) is 5.75 Å². The summed E-state index contributed by atoms with van der Waals surface area (Å²) in [5.74, 6) is -3.91. The lowest BCUT2D eigenvalue weighted by Crippen LogP contribution is -2.34. The maximum absolute atomic E-state index is 14.4. The fourth-order valence-electron chi connectivity index (χ4n) is 3.54. The molecular formula is C21H22F2N2O5S. The number of halogens is 2. The maximum Gasteiger partial charge on any atom is 0.261 e. The smallest absolute Gasteiger partial charge is 0.261 e. The number of primary sulfonamides is 1. The molecule has 0 bridgehead atoms. The van der Waals surface area contributed by atoms with E-state index in [1.54, 1.807) is 12.1 Å². The van der Waals surface area contributed by atoms with Crippen molar-refractivity contribution in [1.29, 1.82) is 0 Å². The van der Waals surface area contributed by atoms with Crippen LogP contribution in [0.4, 0.5) is 8.78 Å². The van der Waals surface area contributed by atoms with Crippen molar-refractivity contribution in [3.63, 3.8) is 0 Å². The first-order valence-electron chi connectivity index (χ1n) is 9.56. The predicted molar refractivity (Wildman–Crippen MR) is 109 cm³/mol. The molecule has 2 N–H and O–H groups in total. The largest absolute Gasteiger partial charge is 0.497 e. The molecule has 3 rings (SSSR count). The highest BCUT2D eigenvalue weighted by molar-refractivity contribution is 7.89. The van der Waals surface area contributed by atoms with E-state index in [0.29, 0.717) is 5.75 Å². The van der Waals surface area contributed by atoms with Crippen LogP contribution in [-0.4, -0.2) is 44.7 Å². The number of imide groups is 1. The number of methoxy groups -OCH3 is 1. The number of hydrogen-bond acceptors (Lipinski definition) is 5. The minimum absolute atomic E-state index is 0.0230. The molecule has 166 valence electrons. The second-order valence-corrected chi connectivity index (χ2v) is 8.82. The number of nitrogens with zero attached hydrogens (tertiary/aromatic N) is 1. The minimum Gasteiger partial charge on any atom is -0.497 e. The maximum atomic E-state index is 14.4. The van der Waals surface area contributed by atoms with Crippen LogP contribution in [0.3, 0.4) is 0 Å². The lowest BCUT2D eigenvalue weighted by molar-refractivity contribution is -0.0224. The van der Waals surface area contributed by atoms with Gasteiger partial charge in [-0.2, -0.15) is 0 Å². The SMILES string of the molecule is COc1ccc(S(N)(=O)=O)c(CCCC(F)(F)CCN2C(=O)c3ccccc3C2=O)c1. The summed E-state index contributed by atoms with van der Waals surface area (Å²) in [6.45, 7) is -0.402. The van der Waals surface area contributed by atoms with Crippen molar-refractivity contribution in [2.45, 2.75) is 36.5 Å². The third-order valence-corrected chi connectivity index (χ3v) is 6.15. The number of hydrogen-bond donors (Lipinski definition) is 1. The Balaban J connectivity index is 1.61. The zero-order valence-corrected chi connectivity index (χ0v) is 17.6. The highest BCUT2D eigenvalue weighted by Crippen LogP contribution is 2.30. The Morgan fingerprint density at radius 2 is 1.65 bits per heavy atom. The van der Waals surface area contributed by atoms with Gasteiger partial charge in [-0.3, -0.25) is 14.5 Å². The molecule has 0 atom stereocenters. The number of amides is 2. The molecule has 0 aromatic heterocycles. The number of sulfonamides is 1. The first-order chi connectivity index (χ1) is 14.5. The van der Waals surface area contributed by atoms with E-state index >= 15 is 0 Å². The first-order valence-corrected chi connectivity index (χ1v) is 11.1. The van der Waals surface area contributed by atoms with Gasteiger partial charge in [-0.05, 0) is 48.7 Å². The second kappa shape index (κ2) is 8.72. The molecule has 2 aromatic carbocycles. The van der Waals surface area contributed by atoms with Crippen LogP contribution in [0, 0.1) is 0 Å². The quantitative estimate of drug-likeness (QED) is 0.589. The molecule has 0 aliphatic carbocycles. The molecule has 31 heavy (non-hydrogen) atoms. The highest BCUT2D eigenvalue weighted by atomic mass is 32.2. The van der Waals surface area contributed by atoms with Crippen LogP contribution in [-0.2, 0) is 16.4 Å². The van der Waals surface area contributed by atoms with Gasteiger partial charge < -0.3 is 4.74 Å². The number of nitrogens with two attached hydrogens (primary N) is 1. The van der Waals surface area contributed by atoms with E-state index in [9.17, 15) is 26.8 Å². The molecule has 2 aromatic rings. The van der Waals surface area contributed by atoms with Gasteiger partial charge in [0, 0.05) is 19.4 Å². The van der Waals surface area contributed by atoms with E-state index in [-0.39, 0.29) is 34.4 Å². The van der Waals surface area contributed by atoms with Gasteiger partial charge in [0.15, 0.2) is 0 Å². The summed E-state index contributed by atoms with van der Waals surface area (Å²) in [7, 11) is -2.60. The summed E-state index contributed by atoms with van der Waals surface area (Å²) in [4.78, 5) is 25.3. The summed E-state index contributed by atoms with van der Waals surface area (Å²) in [6.07, 6.45) is -1.20. The lowest BCUT2D eigenvalue weighted by atomic mass is 10.0. The first kappa shape index (κ1) is 22.8. The zero-order chi connectivity index (χ0) is 22.8. The fourth-order valence-corrected chi connectivity index (χ4v) is 4.32. The number of carbonyl (C=O) groups excluding carboxylic acids is 2. The summed E-state index contributed by atoms with van der Waals surface area (Å²) in [6, 6.07) is 10.4. The summed E-state index contributed by atoms with van der Waals surface area (Å²) >= 11 is 0. The number of carbonyl (C=O) groups is 2. The van der Waals surface area contributed by atoms with Crippen molar-refractivity contribution >= 4 is 21.8 Å². The van der Waals surface area contributed by atoms with E-state index < -0.39 is 47.1 Å². The van der Waals surface area contributed by atoms with Gasteiger partial charge in [0.1, 0.15) is 5.75 Å². The van der Waals surface area contributed by atoms with Crippen molar-refractivity contribution in [2.24, 2.45) is 5.14 Å². The van der Waals surface area contributed by atoms with Gasteiger partial charge in [0.05, 0.1) is 23.1 Å². The third-order valence-electron chi connectivity index (χ3n) is 5.14. The number of fused-ring (bicyclic) bond motifs is 1. The third kappa shape index (κ3) is 5.08. The molecule has 0 radical (unpaired) electrons. The molecule has 0 spiro atoms. The van der Waals surface area contributed by atoms with Crippen molar-refractivity contribution in [2.75, 3.05) is 13.7 Å². The molecule has 0 unspecified atom stereocenters. The van der Waals surface area contributed by atoms with E-state index in [4.69, 9.17) is 9.88 Å². The van der Waals surface area contributed by atoms with Crippen molar-refractivity contribution < 1.29 is 31.5 Å². The standard InChI is InChI=1S/C21H22F2N2O5S/c1-30-15-8-9-18(31(24,28)29)14(13-15)5-4-10-21(22,23)11-12-25-19(26)16-6-2-3-7-17(16)20(25)27/h2-3,6-9,13H,4-5,10-12H2,1H3,(H2,24,28,29). The van der Waals surface area contributed by atoms with Crippen LogP contribution >= 0.6 is 0 Å². The predicted octanol–water partition coefficient (Wildman–Crippen LogP) is 2.99. The van der Waals surface area contributed by atoms with Crippen molar-refractivity contribution in [3.8, 4) is 5.75 Å². The minimum atomic E-state index is -4.01. The number of ether oxygens (including phenoxy) is 1. The Labute approximate surface area is 178 Å². The van der Waals surface area contributed by atoms with Crippen molar-refractivity contribution in [1.82, 2.24) is 4.90 Å². The van der Waals surface area contributed by atoms with E-state index in [1.165, 1.54) is 37.4 Å². The summed E-state index contributed by atoms with van der Waals surface area (Å²) in [5.41, 5.74) is 0.715. The van der Waals surface area contributed by atoms with Gasteiger partial charge in [-0.15, -0.1) is 0 Å². The molecule has 0 saturated heterocycles. The van der Waals surface area contributed by atoms with Crippen LogP contribution in [0.2, 0.25) is 0 Å². The molecule has 0 fully saturated rings. The van der Waals surface area contributed by atoms with E-state index in [1.807, 2.05) is 0 Å². The van der Waals surface area contributed by atoms with Crippen LogP contribution < -0.4 is 9.88 Å². The number of rotatable bonds is 9. The van der Waals surface area contributed by atoms with Gasteiger partial charge in [-0.1, -0.05) is 12.1 Å². The monoisotopic (exact) mass is 452 g/mol. The molecule has 1 heterocycles. The van der Waals surface area contributed by atoms with E-state index in [2.05, 4.69) is 0 Å². The van der Waals surface area contributed by atoms with E-state index in [0.717, 1.165) is 4.90 Å². The molecule has 0 saturated carbocycles. The normalized spacial score (nSPS) is 14.1. The number of aryl methyl sites for hydroxylation is 1. The Bertz CT molecular complexity index is 1080. The van der Waals surface area contributed by atoms with Crippen LogP contribution in [0.25, 0.3) is 0 Å². The summed E-state index contributed by atoms with van der Waals surface area (Å²) < 4.78 is 57.4. The molecule has 7 nitrogen and oxygen atoms in total.